The van der Waals surface area contributed by atoms with Gasteiger partial charge in [-0.15, -0.1) is 0 Å². The van der Waals surface area contributed by atoms with Gasteiger partial charge < -0.3 is 14.9 Å². The van der Waals surface area contributed by atoms with Crippen LogP contribution >= 0.6 is 7.37 Å². The molecule has 0 aromatic heterocycles. The van der Waals surface area contributed by atoms with Crippen LogP contribution in [0.2, 0.25) is 0 Å². The fourth-order valence-electron chi connectivity index (χ4n) is 1.99. The number of ether oxygens (including phenoxy) is 1. The van der Waals surface area contributed by atoms with E-state index in [1.54, 1.807) is 0 Å². The van der Waals surface area contributed by atoms with Crippen molar-refractivity contribution in [3.05, 3.63) is 71.8 Å². The van der Waals surface area contributed by atoms with E-state index in [1.807, 2.05) is 60.7 Å². The Morgan fingerprint density at radius 1 is 1.00 bits per heavy atom. The van der Waals surface area contributed by atoms with E-state index in [0.29, 0.717) is 6.42 Å². The summed E-state index contributed by atoms with van der Waals surface area (Å²) in [6.07, 6.45) is -0.360. The molecule has 122 valence electrons. The van der Waals surface area contributed by atoms with Gasteiger partial charge >= 0.3 is 6.09 Å². The molecule has 5 nitrogen and oxygen atoms in total. The van der Waals surface area contributed by atoms with Crippen LogP contribution in [0, 0.1) is 0 Å². The zero-order chi connectivity index (χ0) is 16.5. The van der Waals surface area contributed by atoms with Crippen molar-refractivity contribution in [3.63, 3.8) is 0 Å². The molecule has 0 aliphatic rings. The minimum Gasteiger partial charge on any atom is -0.445 e. The van der Waals surface area contributed by atoms with Crippen LogP contribution in [0.5, 0.6) is 0 Å². The number of aryl methyl sites for hydroxylation is 1. The average Bonchev–Trinajstić information content (AvgIpc) is 2.58. The minimum absolute atomic E-state index is 0.121. The van der Waals surface area contributed by atoms with Crippen molar-refractivity contribution >= 4 is 13.5 Å². The van der Waals surface area contributed by atoms with Crippen LogP contribution in [-0.2, 0) is 22.3 Å². The first kappa shape index (κ1) is 17.3. The average molecular weight is 333 g/mol. The molecule has 0 aliphatic heterocycles. The first-order valence-electron chi connectivity index (χ1n) is 7.34. The summed E-state index contributed by atoms with van der Waals surface area (Å²) in [5, 5.41) is 2.36. The van der Waals surface area contributed by atoms with E-state index >= 15 is 0 Å². The lowest BCUT2D eigenvalue weighted by Gasteiger charge is -2.13. The van der Waals surface area contributed by atoms with Gasteiger partial charge in [-0.2, -0.15) is 0 Å². The van der Waals surface area contributed by atoms with E-state index in [9.17, 15) is 14.3 Å². The van der Waals surface area contributed by atoms with Gasteiger partial charge in [-0.05, 0) is 17.5 Å². The van der Waals surface area contributed by atoms with Crippen LogP contribution in [0.1, 0.15) is 11.1 Å². The second kappa shape index (κ2) is 8.51. The highest BCUT2D eigenvalue weighted by atomic mass is 31.2. The first-order chi connectivity index (χ1) is 11.1. The molecule has 0 heterocycles. The summed E-state index contributed by atoms with van der Waals surface area (Å²) >= 11 is 0. The highest BCUT2D eigenvalue weighted by Crippen LogP contribution is 2.39. The van der Waals surface area contributed by atoms with Crippen LogP contribution in [0.25, 0.3) is 0 Å². The number of carbonyl (C=O) groups is 1. The Labute approximate surface area is 135 Å². The molecule has 1 unspecified atom stereocenters. The lowest BCUT2D eigenvalue weighted by atomic mass is 10.2. The van der Waals surface area contributed by atoms with Gasteiger partial charge in [-0.25, -0.2) is 4.79 Å². The van der Waals surface area contributed by atoms with Gasteiger partial charge in [-0.3, -0.25) is 4.57 Å². The Bertz CT molecular complexity index is 661. The molecule has 6 heteroatoms. The maximum absolute atomic E-state index is 12.1. The highest BCUT2D eigenvalue weighted by Gasteiger charge is 2.19. The summed E-state index contributed by atoms with van der Waals surface area (Å²) in [6, 6.07) is 18.7. The SMILES string of the molecule is O=C(NCP(=O)(O)CCc1ccccc1)OCc1ccccc1. The number of rotatable bonds is 7. The van der Waals surface area contributed by atoms with Crippen molar-refractivity contribution in [2.24, 2.45) is 0 Å². The number of nitrogens with one attached hydrogen (secondary N) is 1. The number of benzene rings is 2. The second-order valence-corrected chi connectivity index (χ2v) is 7.66. The molecule has 0 fully saturated rings. The molecule has 2 aromatic carbocycles. The largest absolute Gasteiger partial charge is 0.445 e. The van der Waals surface area contributed by atoms with E-state index < -0.39 is 13.5 Å². The van der Waals surface area contributed by atoms with Crippen LogP contribution in [0.3, 0.4) is 0 Å². The maximum Gasteiger partial charge on any atom is 0.407 e. The summed E-state index contributed by atoms with van der Waals surface area (Å²) in [5.74, 6) is 0. The Morgan fingerprint density at radius 2 is 1.57 bits per heavy atom. The summed E-state index contributed by atoms with van der Waals surface area (Å²) in [5.41, 5.74) is 1.85. The van der Waals surface area contributed by atoms with Crippen molar-refractivity contribution in [2.45, 2.75) is 13.0 Å². The molecule has 0 saturated carbocycles. The molecular formula is C17H20NO4P. The van der Waals surface area contributed by atoms with Gasteiger partial charge in [-0.1, -0.05) is 60.7 Å². The monoisotopic (exact) mass is 333 g/mol. The number of carbonyl (C=O) groups excluding carboxylic acids is 1. The number of hydrogen-bond acceptors (Lipinski definition) is 3. The fraction of sp³-hybridized carbons (Fsp3) is 0.235. The third-order valence-electron chi connectivity index (χ3n) is 3.28. The smallest absolute Gasteiger partial charge is 0.407 e. The number of amides is 1. The molecule has 2 aromatic rings. The Balaban J connectivity index is 1.71. The molecule has 1 amide bonds. The van der Waals surface area contributed by atoms with Crippen molar-refractivity contribution in [1.29, 1.82) is 0 Å². The Morgan fingerprint density at radius 3 is 2.17 bits per heavy atom. The normalized spacial score (nSPS) is 13.1. The number of alkyl carbamates (subject to hydrolysis) is 1. The Hall–Kier alpha value is -2.10. The summed E-state index contributed by atoms with van der Waals surface area (Å²) in [4.78, 5) is 21.5. The molecule has 0 saturated heterocycles. The lowest BCUT2D eigenvalue weighted by molar-refractivity contribution is 0.141. The third-order valence-corrected chi connectivity index (χ3v) is 4.85. The zero-order valence-electron chi connectivity index (χ0n) is 12.7. The maximum atomic E-state index is 12.1. The van der Waals surface area contributed by atoms with Gasteiger partial charge in [0.1, 0.15) is 6.61 Å². The molecule has 2 rings (SSSR count). The van der Waals surface area contributed by atoms with E-state index in [-0.39, 0.29) is 19.1 Å². The topological polar surface area (TPSA) is 75.6 Å². The molecule has 1 atom stereocenters. The summed E-state index contributed by atoms with van der Waals surface area (Å²) in [7, 11) is -3.42. The van der Waals surface area contributed by atoms with Crippen molar-refractivity contribution < 1.29 is 19.0 Å². The van der Waals surface area contributed by atoms with Crippen LogP contribution < -0.4 is 5.32 Å². The first-order valence-corrected chi connectivity index (χ1v) is 9.37. The van der Waals surface area contributed by atoms with E-state index in [4.69, 9.17) is 4.74 Å². The van der Waals surface area contributed by atoms with Gasteiger partial charge in [0, 0.05) is 6.16 Å². The van der Waals surface area contributed by atoms with E-state index in [2.05, 4.69) is 5.32 Å². The van der Waals surface area contributed by atoms with Gasteiger partial charge in [0.2, 0.25) is 7.37 Å². The summed E-state index contributed by atoms with van der Waals surface area (Å²) in [6.45, 7) is 0.131. The molecule has 0 spiro atoms. The van der Waals surface area contributed by atoms with Gasteiger partial charge in [0.15, 0.2) is 0 Å². The molecule has 23 heavy (non-hydrogen) atoms. The van der Waals surface area contributed by atoms with E-state index in [0.717, 1.165) is 11.1 Å². The van der Waals surface area contributed by atoms with Crippen molar-refractivity contribution in [3.8, 4) is 0 Å². The van der Waals surface area contributed by atoms with Crippen LogP contribution in [-0.4, -0.2) is 23.4 Å². The summed E-state index contributed by atoms with van der Waals surface area (Å²) < 4.78 is 17.1. The predicted octanol–water partition coefficient (Wildman–Crippen LogP) is 3.38. The molecule has 0 aliphatic carbocycles. The van der Waals surface area contributed by atoms with E-state index in [1.165, 1.54) is 0 Å². The fourth-order valence-corrected chi connectivity index (χ4v) is 3.13. The minimum atomic E-state index is -3.42. The van der Waals surface area contributed by atoms with Crippen molar-refractivity contribution in [2.75, 3.05) is 12.4 Å². The van der Waals surface area contributed by atoms with Gasteiger partial charge in [0.25, 0.3) is 0 Å². The molecule has 0 radical (unpaired) electrons. The molecule has 0 bridgehead atoms. The third kappa shape index (κ3) is 6.68. The predicted molar refractivity (Wildman–Crippen MR) is 89.5 cm³/mol. The van der Waals surface area contributed by atoms with Gasteiger partial charge in [0.05, 0.1) is 6.29 Å². The van der Waals surface area contributed by atoms with Crippen LogP contribution in [0.4, 0.5) is 4.79 Å². The molecular weight excluding hydrogens is 313 g/mol. The molecule has 2 N–H and O–H groups in total. The standard InChI is InChI=1S/C17H20NO4P/c19-17(22-13-16-9-5-2-6-10-16)18-14-23(20,21)12-11-15-7-3-1-4-8-15/h1-10H,11-14H2,(H,18,19)(H,20,21). The van der Waals surface area contributed by atoms with Crippen LogP contribution in [0.15, 0.2) is 60.7 Å². The van der Waals surface area contributed by atoms with Crippen molar-refractivity contribution in [1.82, 2.24) is 5.32 Å². The zero-order valence-corrected chi connectivity index (χ0v) is 13.6. The highest BCUT2D eigenvalue weighted by molar-refractivity contribution is 7.57. The second-order valence-electron chi connectivity index (χ2n) is 5.20. The Kier molecular flexibility index (Phi) is 6.39. The quantitative estimate of drug-likeness (QED) is 0.762. The number of hydrogen-bond donors (Lipinski definition) is 2. The lowest BCUT2D eigenvalue weighted by Crippen LogP contribution is -2.26.